The molecule has 182 valence electrons. The molecule has 2 aliphatic rings. The minimum atomic E-state index is -0.752. The van der Waals surface area contributed by atoms with E-state index >= 15 is 0 Å². The van der Waals surface area contributed by atoms with E-state index < -0.39 is 17.8 Å². The molecule has 0 unspecified atom stereocenters. The maximum absolute atomic E-state index is 13.4. The summed E-state index contributed by atoms with van der Waals surface area (Å²) in [6.45, 7) is 14.6. The van der Waals surface area contributed by atoms with E-state index in [9.17, 15) is 14.4 Å². The third-order valence-corrected chi connectivity index (χ3v) is 7.07. The van der Waals surface area contributed by atoms with Gasteiger partial charge in [-0.1, -0.05) is 22.0 Å². The third-order valence-electron chi connectivity index (χ3n) is 6.58. The van der Waals surface area contributed by atoms with Crippen molar-refractivity contribution in [2.75, 3.05) is 9.80 Å². The highest BCUT2D eigenvalue weighted by Crippen LogP contribution is 2.42. The van der Waals surface area contributed by atoms with Crippen LogP contribution in [0.5, 0.6) is 0 Å². The summed E-state index contributed by atoms with van der Waals surface area (Å²) in [4.78, 5) is 42.2. The Balaban J connectivity index is 1.82. The summed E-state index contributed by atoms with van der Waals surface area (Å²) in [5.41, 5.74) is 6.00. The number of benzene rings is 2. The lowest BCUT2D eigenvalue weighted by atomic mass is 9.85. The number of hydrogen-bond acceptors (Lipinski definition) is 4. The van der Waals surface area contributed by atoms with Gasteiger partial charge in [-0.3, -0.25) is 14.9 Å². The fraction of sp³-hybridized carbons (Fsp3) is 0.321. The highest BCUT2D eigenvalue weighted by molar-refractivity contribution is 9.10. The molecule has 7 heteroatoms. The van der Waals surface area contributed by atoms with Crippen LogP contribution in [0.25, 0.3) is 11.6 Å². The number of carbonyl (C=O) groups excluding carboxylic acids is 3. The van der Waals surface area contributed by atoms with Gasteiger partial charge in [-0.25, -0.2) is 9.69 Å². The van der Waals surface area contributed by atoms with Gasteiger partial charge in [-0.2, -0.15) is 0 Å². The zero-order valence-corrected chi connectivity index (χ0v) is 22.7. The Bertz CT molecular complexity index is 1340. The number of nitrogens with one attached hydrogen (secondary N) is 1. The molecule has 35 heavy (non-hydrogen) atoms. The normalized spacial score (nSPS) is 18.7. The zero-order valence-electron chi connectivity index (χ0n) is 21.1. The number of anilines is 2. The second-order valence-electron chi connectivity index (χ2n) is 10.1. The van der Waals surface area contributed by atoms with E-state index in [-0.39, 0.29) is 17.2 Å². The molecule has 2 aliphatic heterocycles. The Hall–Kier alpha value is -3.19. The van der Waals surface area contributed by atoms with Crippen molar-refractivity contribution in [1.82, 2.24) is 5.32 Å². The molecule has 1 fully saturated rings. The van der Waals surface area contributed by atoms with Crippen molar-refractivity contribution in [2.24, 2.45) is 0 Å². The summed E-state index contributed by atoms with van der Waals surface area (Å²) in [5, 5.41) is 2.32. The number of fused-ring (bicyclic) bond motifs is 1. The minimum Gasteiger partial charge on any atom is -0.360 e. The molecule has 1 saturated heterocycles. The minimum absolute atomic E-state index is 0.0755. The van der Waals surface area contributed by atoms with Gasteiger partial charge in [0.25, 0.3) is 11.8 Å². The lowest BCUT2D eigenvalue weighted by Crippen LogP contribution is -2.54. The maximum atomic E-state index is 13.4. The Morgan fingerprint density at radius 3 is 2.29 bits per heavy atom. The first-order valence-electron chi connectivity index (χ1n) is 11.6. The van der Waals surface area contributed by atoms with E-state index in [1.54, 1.807) is 18.2 Å². The summed E-state index contributed by atoms with van der Waals surface area (Å²) in [6.07, 6.45) is 3.84. The Kier molecular flexibility index (Phi) is 6.26. The number of imide groups is 2. The Morgan fingerprint density at radius 2 is 1.66 bits per heavy atom. The van der Waals surface area contributed by atoms with Crippen LogP contribution in [0.1, 0.15) is 56.9 Å². The molecule has 0 spiro atoms. The molecule has 1 N–H and O–H groups in total. The molecule has 0 bridgehead atoms. The van der Waals surface area contributed by atoms with E-state index in [2.05, 4.69) is 72.9 Å². The van der Waals surface area contributed by atoms with Gasteiger partial charge < -0.3 is 4.90 Å². The molecule has 2 aromatic rings. The Morgan fingerprint density at radius 1 is 0.971 bits per heavy atom. The molecular weight excluding hydrogens is 506 g/mol. The van der Waals surface area contributed by atoms with E-state index in [0.29, 0.717) is 5.69 Å². The van der Waals surface area contributed by atoms with Crippen LogP contribution in [-0.2, 0) is 9.59 Å². The monoisotopic (exact) mass is 535 g/mol. The lowest BCUT2D eigenvalue weighted by Gasteiger charge is -2.46. The highest BCUT2D eigenvalue weighted by atomic mass is 79.9. The van der Waals surface area contributed by atoms with Crippen molar-refractivity contribution in [3.63, 3.8) is 0 Å². The lowest BCUT2D eigenvalue weighted by molar-refractivity contribution is -0.122. The average molecular weight is 536 g/mol. The van der Waals surface area contributed by atoms with Crippen molar-refractivity contribution in [3.8, 4) is 0 Å². The van der Waals surface area contributed by atoms with E-state index in [0.717, 1.165) is 42.9 Å². The Labute approximate surface area is 214 Å². The topological polar surface area (TPSA) is 69.7 Å². The van der Waals surface area contributed by atoms with Crippen LogP contribution in [0, 0.1) is 13.8 Å². The highest BCUT2D eigenvalue weighted by Gasteiger charge is 2.38. The smallest absolute Gasteiger partial charge is 0.335 e. The largest absolute Gasteiger partial charge is 0.360 e. The molecule has 2 aromatic carbocycles. The summed E-state index contributed by atoms with van der Waals surface area (Å²) >= 11 is 3.40. The predicted octanol–water partition coefficient (Wildman–Crippen LogP) is 6.14. The number of rotatable bonds is 3. The van der Waals surface area contributed by atoms with Crippen LogP contribution in [0.4, 0.5) is 16.2 Å². The molecule has 0 radical (unpaired) electrons. The first kappa shape index (κ1) is 24.9. The van der Waals surface area contributed by atoms with E-state index in [1.807, 2.05) is 26.0 Å². The average Bonchev–Trinajstić information content (AvgIpc) is 2.72. The van der Waals surface area contributed by atoms with E-state index in [1.165, 1.54) is 0 Å². The first-order chi connectivity index (χ1) is 16.3. The number of hydrogen-bond donors (Lipinski definition) is 1. The number of aryl methyl sites for hydroxylation is 2. The molecule has 4 rings (SSSR count). The third kappa shape index (κ3) is 4.33. The number of urea groups is 1. The number of allylic oxidation sites excluding steroid dienone is 1. The first-order valence-corrected chi connectivity index (χ1v) is 12.4. The number of carbonyl (C=O) groups is 3. The quantitative estimate of drug-likeness (QED) is 0.378. The van der Waals surface area contributed by atoms with Crippen LogP contribution in [0.3, 0.4) is 0 Å². The van der Waals surface area contributed by atoms with Crippen molar-refractivity contribution in [1.29, 1.82) is 0 Å². The molecule has 6 nitrogen and oxygen atoms in total. The molecule has 0 saturated carbocycles. The molecule has 2 heterocycles. The van der Waals surface area contributed by atoms with Gasteiger partial charge in [0.15, 0.2) is 0 Å². The van der Waals surface area contributed by atoms with Gasteiger partial charge >= 0.3 is 6.03 Å². The van der Waals surface area contributed by atoms with Gasteiger partial charge in [-0.15, -0.1) is 0 Å². The number of halogens is 1. The maximum Gasteiger partial charge on any atom is 0.335 e. The van der Waals surface area contributed by atoms with Gasteiger partial charge in [0.1, 0.15) is 5.57 Å². The summed E-state index contributed by atoms with van der Waals surface area (Å²) < 4.78 is 0.835. The second kappa shape index (κ2) is 8.79. The van der Waals surface area contributed by atoms with Crippen molar-refractivity contribution < 1.29 is 14.4 Å². The van der Waals surface area contributed by atoms with Crippen LogP contribution >= 0.6 is 15.9 Å². The van der Waals surface area contributed by atoms with Crippen molar-refractivity contribution in [3.05, 3.63) is 68.7 Å². The summed E-state index contributed by atoms with van der Waals surface area (Å²) in [5.74, 6) is -1.33. The van der Waals surface area contributed by atoms with Crippen molar-refractivity contribution >= 4 is 56.8 Å². The molecule has 4 amide bonds. The summed E-state index contributed by atoms with van der Waals surface area (Å²) in [7, 11) is 0. The molecule has 0 atom stereocenters. The van der Waals surface area contributed by atoms with Gasteiger partial charge in [0.05, 0.1) is 11.2 Å². The molecule has 0 aromatic heterocycles. The SMILES string of the molecule is CC1=CC(C)(C)N(C(C)C)c2cc(C)c(/C=C3\C(=O)NC(=O)N(c4ccc(Br)cc4C)C3=O)cc21. The number of nitrogens with zero attached hydrogens (tertiary/aromatic N) is 2. The van der Waals surface area contributed by atoms with Gasteiger partial charge in [-0.05, 0) is 107 Å². The van der Waals surface area contributed by atoms with Crippen LogP contribution in [-0.4, -0.2) is 29.4 Å². The number of barbiturate groups is 1. The summed E-state index contributed by atoms with van der Waals surface area (Å²) in [6, 6.07) is 8.95. The van der Waals surface area contributed by atoms with Crippen LogP contribution in [0.15, 0.2) is 46.5 Å². The van der Waals surface area contributed by atoms with Crippen molar-refractivity contribution in [2.45, 2.75) is 60.0 Å². The van der Waals surface area contributed by atoms with Crippen LogP contribution < -0.4 is 15.1 Å². The molecular formula is C28H30BrN3O3. The standard InChI is InChI=1S/C28H30BrN3O3/c1-15(2)32-24-11-16(3)19(12-21(24)18(5)14-28(32,6)7)13-22-25(33)30-27(35)31(26(22)34)23-9-8-20(29)10-17(23)4/h8-15H,1-7H3,(H,30,33,35)/b22-13+. The fourth-order valence-corrected chi connectivity index (χ4v) is 5.69. The van der Waals surface area contributed by atoms with Crippen LogP contribution in [0.2, 0.25) is 0 Å². The predicted molar refractivity (Wildman–Crippen MR) is 144 cm³/mol. The second-order valence-corrected chi connectivity index (χ2v) is 11.0. The van der Waals surface area contributed by atoms with Gasteiger partial charge in [0, 0.05) is 21.8 Å². The molecule has 0 aliphatic carbocycles. The zero-order chi connectivity index (χ0) is 25.8. The van der Waals surface area contributed by atoms with Gasteiger partial charge in [0.2, 0.25) is 0 Å². The number of amides is 4. The van der Waals surface area contributed by atoms with E-state index in [4.69, 9.17) is 0 Å². The fourth-order valence-electron chi connectivity index (χ4n) is 5.21.